The Balaban J connectivity index is 1.92. The molecule has 0 bridgehead atoms. The van der Waals surface area contributed by atoms with E-state index in [-0.39, 0.29) is 37.5 Å². The lowest BCUT2D eigenvalue weighted by Gasteiger charge is -2.30. The van der Waals surface area contributed by atoms with E-state index in [1.165, 1.54) is 22.0 Å². The first-order valence-electron chi connectivity index (χ1n) is 11.5. The second-order valence-electron chi connectivity index (χ2n) is 9.35. The number of urea groups is 1. The van der Waals surface area contributed by atoms with Crippen LogP contribution in [0.25, 0.3) is 0 Å². The van der Waals surface area contributed by atoms with Gasteiger partial charge in [-0.2, -0.15) is 5.10 Å². The molecule has 1 atom stereocenters. The third-order valence-electron chi connectivity index (χ3n) is 5.50. The Morgan fingerprint density at radius 2 is 1.83 bits per heavy atom. The van der Waals surface area contributed by atoms with Gasteiger partial charge < -0.3 is 19.7 Å². The quantitative estimate of drug-likeness (QED) is 0.615. The summed E-state index contributed by atoms with van der Waals surface area (Å²) >= 11 is 0. The molecule has 0 spiro atoms. The number of benzene rings is 2. The third-order valence-corrected chi connectivity index (χ3v) is 5.50. The van der Waals surface area contributed by atoms with Gasteiger partial charge in [0, 0.05) is 31.2 Å². The smallest absolute Gasteiger partial charge is 0.318 e. The fourth-order valence-corrected chi connectivity index (χ4v) is 3.83. The number of hydrogen-bond acceptors (Lipinski definition) is 5. The molecule has 1 aliphatic heterocycles. The number of rotatable bonds is 8. The number of nitrogens with zero attached hydrogens (tertiary/aromatic N) is 3. The van der Waals surface area contributed by atoms with Crippen LogP contribution in [0.3, 0.4) is 0 Å². The summed E-state index contributed by atoms with van der Waals surface area (Å²) in [6.07, 6.45) is 0.421. The van der Waals surface area contributed by atoms with Crippen LogP contribution >= 0.6 is 0 Å². The number of carbonyl (C=O) groups is 2. The molecule has 9 heteroatoms. The summed E-state index contributed by atoms with van der Waals surface area (Å²) in [5.41, 5.74) is 1.71. The first kappa shape index (κ1) is 26.2. The Bertz CT molecular complexity index is 1070. The molecule has 0 fully saturated rings. The average molecular weight is 485 g/mol. The molecule has 0 aliphatic carbocycles. The number of carbonyl (C=O) groups excluding carboxylic acids is 2. The monoisotopic (exact) mass is 484 g/mol. The molecule has 1 aliphatic rings. The fourth-order valence-electron chi connectivity index (χ4n) is 3.83. The molecule has 1 heterocycles. The lowest BCUT2D eigenvalue weighted by Crippen LogP contribution is -2.52. The summed E-state index contributed by atoms with van der Waals surface area (Å²) in [5, 5.41) is 8.92. The van der Waals surface area contributed by atoms with E-state index < -0.39 is 11.6 Å². The lowest BCUT2D eigenvalue weighted by atomic mass is 9.97. The van der Waals surface area contributed by atoms with Crippen molar-refractivity contribution in [2.45, 2.75) is 38.8 Å². The molecule has 2 aromatic carbocycles. The van der Waals surface area contributed by atoms with Gasteiger partial charge in [0.2, 0.25) is 0 Å². The number of halogens is 1. The number of ether oxygens (including phenoxy) is 2. The van der Waals surface area contributed by atoms with Gasteiger partial charge in [-0.1, -0.05) is 30.3 Å². The second kappa shape index (κ2) is 11.3. The minimum atomic E-state index is -0.465. The number of hydrazone groups is 1. The Labute approximate surface area is 205 Å². The highest BCUT2D eigenvalue weighted by Gasteiger charge is 2.36. The highest BCUT2D eigenvalue weighted by molar-refractivity contribution is 6.03. The van der Waals surface area contributed by atoms with E-state index in [0.29, 0.717) is 17.9 Å². The van der Waals surface area contributed by atoms with Crippen molar-refractivity contribution in [3.63, 3.8) is 0 Å². The highest BCUT2D eigenvalue weighted by atomic mass is 19.1. The number of para-hydroxylation sites is 1. The number of amides is 3. The molecule has 0 aromatic heterocycles. The van der Waals surface area contributed by atoms with E-state index in [2.05, 4.69) is 10.4 Å². The van der Waals surface area contributed by atoms with Gasteiger partial charge in [0.15, 0.2) is 0 Å². The summed E-state index contributed by atoms with van der Waals surface area (Å²) in [6, 6.07) is 12.7. The van der Waals surface area contributed by atoms with E-state index in [1.807, 2.05) is 45.0 Å². The summed E-state index contributed by atoms with van der Waals surface area (Å²) in [5.74, 6) is -0.0639. The first-order valence-corrected chi connectivity index (χ1v) is 11.5. The van der Waals surface area contributed by atoms with Gasteiger partial charge >= 0.3 is 6.03 Å². The molecule has 0 radical (unpaired) electrons. The number of methoxy groups -OCH3 is 2. The lowest BCUT2D eigenvalue weighted by molar-refractivity contribution is -0.133. The topological polar surface area (TPSA) is 83.5 Å². The molecule has 188 valence electrons. The van der Waals surface area contributed by atoms with Crippen LogP contribution in [0.4, 0.5) is 9.18 Å². The van der Waals surface area contributed by atoms with Gasteiger partial charge in [-0.05, 0) is 44.5 Å². The van der Waals surface area contributed by atoms with Gasteiger partial charge in [0.05, 0.1) is 25.5 Å². The minimum Gasteiger partial charge on any atom is -0.496 e. The summed E-state index contributed by atoms with van der Waals surface area (Å²) in [4.78, 5) is 27.9. The van der Waals surface area contributed by atoms with E-state index in [9.17, 15) is 14.0 Å². The van der Waals surface area contributed by atoms with E-state index in [1.54, 1.807) is 26.4 Å². The maximum atomic E-state index is 13.6. The zero-order chi connectivity index (χ0) is 25.6. The van der Waals surface area contributed by atoms with Crippen LogP contribution in [0.15, 0.2) is 53.6 Å². The normalized spacial score (nSPS) is 15.5. The predicted octanol–water partition coefficient (Wildman–Crippen LogP) is 3.97. The van der Waals surface area contributed by atoms with Crippen LogP contribution in [0.1, 0.15) is 44.4 Å². The van der Waals surface area contributed by atoms with Crippen molar-refractivity contribution in [1.29, 1.82) is 0 Å². The number of hydrogen-bond donors (Lipinski definition) is 1. The van der Waals surface area contributed by atoms with Gasteiger partial charge in [-0.15, -0.1) is 0 Å². The Hall–Kier alpha value is -3.46. The summed E-state index contributed by atoms with van der Waals surface area (Å²) in [6.45, 7) is 5.96. The first-order chi connectivity index (χ1) is 16.6. The van der Waals surface area contributed by atoms with Crippen molar-refractivity contribution < 1.29 is 23.5 Å². The van der Waals surface area contributed by atoms with Crippen molar-refractivity contribution in [2.75, 3.05) is 33.9 Å². The van der Waals surface area contributed by atoms with Crippen LogP contribution in [0.5, 0.6) is 5.75 Å². The molecular formula is C26H33FN4O4. The fraction of sp³-hybridized carbons (Fsp3) is 0.423. The molecule has 0 saturated heterocycles. The van der Waals surface area contributed by atoms with E-state index >= 15 is 0 Å². The van der Waals surface area contributed by atoms with E-state index in [4.69, 9.17) is 9.47 Å². The second-order valence-corrected chi connectivity index (χ2v) is 9.35. The minimum absolute atomic E-state index is 0.183. The van der Waals surface area contributed by atoms with Crippen LogP contribution in [0.2, 0.25) is 0 Å². The standard InChI is InChI=1S/C26H33FN4O4/c1-26(2,3)28-25(33)30(14-15-34-4)17-24(32)31-22(20-8-6-7-9-23(20)35-5)16-21(29-31)18-10-12-19(27)13-11-18/h6-13,22H,14-17H2,1-5H3,(H,28,33). The van der Waals surface area contributed by atoms with Crippen LogP contribution < -0.4 is 10.1 Å². The van der Waals surface area contributed by atoms with Crippen LogP contribution in [-0.4, -0.2) is 67.0 Å². The maximum Gasteiger partial charge on any atom is 0.318 e. The van der Waals surface area contributed by atoms with Crippen LogP contribution in [-0.2, 0) is 9.53 Å². The molecule has 1 unspecified atom stereocenters. The van der Waals surface area contributed by atoms with Gasteiger partial charge in [-0.25, -0.2) is 14.2 Å². The van der Waals surface area contributed by atoms with Crippen LogP contribution in [0, 0.1) is 5.82 Å². The van der Waals surface area contributed by atoms with Gasteiger partial charge in [0.1, 0.15) is 18.1 Å². The van der Waals surface area contributed by atoms with E-state index in [0.717, 1.165) is 11.1 Å². The Morgan fingerprint density at radius 1 is 1.14 bits per heavy atom. The highest BCUT2D eigenvalue weighted by Crippen LogP contribution is 2.37. The molecule has 2 aromatic rings. The van der Waals surface area contributed by atoms with Gasteiger partial charge in [-0.3, -0.25) is 4.79 Å². The average Bonchev–Trinajstić information content (AvgIpc) is 3.26. The largest absolute Gasteiger partial charge is 0.496 e. The number of nitrogens with one attached hydrogen (secondary N) is 1. The molecule has 3 amide bonds. The zero-order valence-corrected chi connectivity index (χ0v) is 20.9. The van der Waals surface area contributed by atoms with Crippen molar-refractivity contribution in [3.05, 3.63) is 65.5 Å². The molecule has 0 saturated carbocycles. The Kier molecular flexibility index (Phi) is 8.45. The molecule has 1 N–H and O–H groups in total. The maximum absolute atomic E-state index is 13.6. The molecule has 8 nitrogen and oxygen atoms in total. The molecule has 35 heavy (non-hydrogen) atoms. The SMILES string of the molecule is COCCN(CC(=O)N1N=C(c2ccc(F)cc2)CC1c1ccccc1OC)C(=O)NC(C)(C)C. The van der Waals surface area contributed by atoms with Crippen molar-refractivity contribution in [2.24, 2.45) is 5.10 Å². The zero-order valence-electron chi connectivity index (χ0n) is 20.9. The van der Waals surface area contributed by atoms with Gasteiger partial charge in [0.25, 0.3) is 5.91 Å². The van der Waals surface area contributed by atoms with Crippen molar-refractivity contribution >= 4 is 17.6 Å². The van der Waals surface area contributed by atoms with Crippen molar-refractivity contribution in [1.82, 2.24) is 15.2 Å². The predicted molar refractivity (Wildman–Crippen MR) is 132 cm³/mol. The molecular weight excluding hydrogens is 451 g/mol. The third kappa shape index (κ3) is 6.79. The molecule has 3 rings (SSSR count). The Morgan fingerprint density at radius 3 is 2.46 bits per heavy atom. The summed E-state index contributed by atoms with van der Waals surface area (Å²) in [7, 11) is 3.12. The summed E-state index contributed by atoms with van der Waals surface area (Å²) < 4.78 is 24.2. The van der Waals surface area contributed by atoms with Crippen molar-refractivity contribution in [3.8, 4) is 5.75 Å².